The number of carboxylic acids is 1. The zero-order chi connectivity index (χ0) is 25.0. The minimum absolute atomic E-state index is 0.0954. The van der Waals surface area contributed by atoms with Gasteiger partial charge in [0, 0.05) is 0 Å². The molecule has 0 fully saturated rings. The van der Waals surface area contributed by atoms with Crippen LogP contribution in [0.15, 0.2) is 0 Å². The second kappa shape index (κ2) is 28.7. The van der Waals surface area contributed by atoms with Gasteiger partial charge in [0.05, 0.1) is 5.92 Å². The largest absolute Gasteiger partial charge is 0.481 e. The molecule has 0 saturated carbocycles. The summed E-state index contributed by atoms with van der Waals surface area (Å²) >= 11 is 0. The van der Waals surface area contributed by atoms with Crippen molar-refractivity contribution in [1.82, 2.24) is 0 Å². The molecule has 1 unspecified atom stereocenters. The van der Waals surface area contributed by atoms with E-state index < -0.39 is 5.97 Å². The summed E-state index contributed by atoms with van der Waals surface area (Å²) in [4.78, 5) is 11.5. The number of carboxylic acid groups (broad SMARTS) is 1. The van der Waals surface area contributed by atoms with Gasteiger partial charge in [0.15, 0.2) is 0 Å². The molecule has 2 nitrogen and oxygen atoms in total. The highest BCUT2D eigenvalue weighted by atomic mass is 16.4. The van der Waals surface area contributed by atoms with Gasteiger partial charge >= 0.3 is 5.97 Å². The summed E-state index contributed by atoms with van der Waals surface area (Å²) in [7, 11) is 0. The molecule has 0 aromatic rings. The first kappa shape index (κ1) is 33.5. The summed E-state index contributed by atoms with van der Waals surface area (Å²) in [6.45, 7) is 4.52. The van der Waals surface area contributed by atoms with Gasteiger partial charge in [-0.05, 0) is 12.8 Å². The second-order valence-electron chi connectivity index (χ2n) is 11.1. The van der Waals surface area contributed by atoms with Crippen molar-refractivity contribution in [2.75, 3.05) is 0 Å². The molecular weight excluding hydrogens is 416 g/mol. The van der Waals surface area contributed by atoms with E-state index in [1.165, 1.54) is 154 Å². The molecule has 0 saturated heterocycles. The van der Waals surface area contributed by atoms with Crippen LogP contribution in [0.1, 0.15) is 194 Å². The topological polar surface area (TPSA) is 37.3 Å². The van der Waals surface area contributed by atoms with Gasteiger partial charge < -0.3 is 5.11 Å². The Labute approximate surface area is 215 Å². The van der Waals surface area contributed by atoms with Crippen LogP contribution in [0.3, 0.4) is 0 Å². The lowest BCUT2D eigenvalue weighted by molar-refractivity contribution is -0.142. The smallest absolute Gasteiger partial charge is 0.306 e. The summed E-state index contributed by atoms with van der Waals surface area (Å²) in [5.41, 5.74) is 0. The number of aliphatic carboxylic acids is 1. The van der Waals surface area contributed by atoms with Gasteiger partial charge in [-0.15, -0.1) is 0 Å². The normalized spacial score (nSPS) is 12.3. The maximum atomic E-state index is 11.5. The molecule has 0 bridgehead atoms. The van der Waals surface area contributed by atoms with Crippen LogP contribution in [-0.4, -0.2) is 11.1 Å². The molecule has 1 N–H and O–H groups in total. The van der Waals surface area contributed by atoms with Gasteiger partial charge in [-0.2, -0.15) is 0 Å². The molecule has 0 amide bonds. The van der Waals surface area contributed by atoms with Crippen LogP contribution in [0.2, 0.25) is 0 Å². The minimum atomic E-state index is -0.566. The van der Waals surface area contributed by atoms with Gasteiger partial charge in [-0.1, -0.05) is 181 Å². The van der Waals surface area contributed by atoms with Crippen LogP contribution in [-0.2, 0) is 4.79 Å². The number of unbranched alkanes of at least 4 members (excludes halogenated alkanes) is 24. The molecule has 204 valence electrons. The minimum Gasteiger partial charge on any atom is -0.481 e. The lowest BCUT2D eigenvalue weighted by atomic mass is 9.94. The van der Waals surface area contributed by atoms with Gasteiger partial charge in [0.2, 0.25) is 0 Å². The van der Waals surface area contributed by atoms with Crippen LogP contribution in [0.5, 0.6) is 0 Å². The van der Waals surface area contributed by atoms with Crippen LogP contribution in [0, 0.1) is 5.92 Å². The molecule has 0 aromatic heterocycles. The van der Waals surface area contributed by atoms with E-state index in [-0.39, 0.29) is 5.92 Å². The average molecular weight is 481 g/mol. The first-order chi connectivity index (χ1) is 16.7. The van der Waals surface area contributed by atoms with Gasteiger partial charge in [-0.3, -0.25) is 4.79 Å². The molecule has 1 atom stereocenters. The Balaban J connectivity index is 3.26. The van der Waals surface area contributed by atoms with E-state index in [9.17, 15) is 9.90 Å². The van der Waals surface area contributed by atoms with Crippen molar-refractivity contribution in [3.05, 3.63) is 0 Å². The Morgan fingerprint density at radius 2 is 0.618 bits per heavy atom. The van der Waals surface area contributed by atoms with Crippen molar-refractivity contribution in [2.24, 2.45) is 5.92 Å². The van der Waals surface area contributed by atoms with Crippen LogP contribution >= 0.6 is 0 Å². The Morgan fingerprint density at radius 3 is 0.824 bits per heavy atom. The number of hydrogen-bond acceptors (Lipinski definition) is 1. The van der Waals surface area contributed by atoms with Crippen LogP contribution in [0.25, 0.3) is 0 Å². The Morgan fingerprint density at radius 1 is 0.412 bits per heavy atom. The van der Waals surface area contributed by atoms with Gasteiger partial charge in [-0.25, -0.2) is 0 Å². The fourth-order valence-electron chi connectivity index (χ4n) is 5.21. The lowest BCUT2D eigenvalue weighted by Gasteiger charge is -2.12. The average Bonchev–Trinajstić information content (AvgIpc) is 2.83. The Kier molecular flexibility index (Phi) is 28.3. The zero-order valence-corrected chi connectivity index (χ0v) is 23.7. The van der Waals surface area contributed by atoms with Crippen molar-refractivity contribution in [1.29, 1.82) is 0 Å². The molecule has 34 heavy (non-hydrogen) atoms. The maximum absolute atomic E-state index is 11.5. The van der Waals surface area contributed by atoms with E-state index in [1.807, 2.05) is 0 Å². The highest BCUT2D eigenvalue weighted by Gasteiger charge is 2.16. The maximum Gasteiger partial charge on any atom is 0.306 e. The van der Waals surface area contributed by atoms with E-state index in [1.54, 1.807) is 0 Å². The van der Waals surface area contributed by atoms with Crippen molar-refractivity contribution >= 4 is 5.97 Å². The lowest BCUT2D eigenvalue weighted by Crippen LogP contribution is -2.13. The standard InChI is InChI=1S/C32H64O2/c1-3-5-7-9-10-11-12-13-14-15-16-17-18-19-20-21-22-23-24-26-28-30-31(32(33)34)29-27-25-8-6-4-2/h31H,3-30H2,1-2H3,(H,33,34). The summed E-state index contributed by atoms with van der Waals surface area (Å²) in [6, 6.07) is 0. The predicted molar refractivity (Wildman–Crippen MR) is 152 cm³/mol. The second-order valence-corrected chi connectivity index (χ2v) is 11.1. The molecule has 0 aromatic carbocycles. The van der Waals surface area contributed by atoms with Gasteiger partial charge in [0.25, 0.3) is 0 Å². The van der Waals surface area contributed by atoms with Crippen molar-refractivity contribution < 1.29 is 9.90 Å². The van der Waals surface area contributed by atoms with Crippen molar-refractivity contribution in [3.8, 4) is 0 Å². The van der Waals surface area contributed by atoms with Crippen molar-refractivity contribution in [2.45, 2.75) is 194 Å². The fraction of sp³-hybridized carbons (Fsp3) is 0.969. The third kappa shape index (κ3) is 26.1. The summed E-state index contributed by atoms with van der Waals surface area (Å²) < 4.78 is 0. The quantitative estimate of drug-likeness (QED) is 0.108. The first-order valence-corrected chi connectivity index (χ1v) is 15.9. The highest BCUT2D eigenvalue weighted by molar-refractivity contribution is 5.69. The predicted octanol–water partition coefficient (Wildman–Crippen LogP) is 11.6. The highest BCUT2D eigenvalue weighted by Crippen LogP contribution is 2.20. The number of carbonyl (C=O) groups is 1. The molecule has 0 aliphatic carbocycles. The third-order valence-corrected chi connectivity index (χ3v) is 7.66. The zero-order valence-electron chi connectivity index (χ0n) is 23.7. The monoisotopic (exact) mass is 480 g/mol. The fourth-order valence-corrected chi connectivity index (χ4v) is 5.21. The van der Waals surface area contributed by atoms with E-state index in [0.717, 1.165) is 25.7 Å². The van der Waals surface area contributed by atoms with E-state index in [2.05, 4.69) is 13.8 Å². The van der Waals surface area contributed by atoms with Crippen LogP contribution < -0.4 is 0 Å². The Bertz CT molecular complexity index is 392. The SMILES string of the molecule is CCCCCCCCCCCCCCCCCCCCCCCC(CCCCCCC)C(=O)O. The first-order valence-electron chi connectivity index (χ1n) is 15.9. The van der Waals surface area contributed by atoms with Gasteiger partial charge in [0.1, 0.15) is 0 Å². The molecular formula is C32H64O2. The van der Waals surface area contributed by atoms with Crippen molar-refractivity contribution in [3.63, 3.8) is 0 Å². The molecule has 0 aliphatic heterocycles. The van der Waals surface area contributed by atoms with Crippen LogP contribution in [0.4, 0.5) is 0 Å². The molecule has 0 heterocycles. The number of rotatable bonds is 29. The molecule has 0 spiro atoms. The molecule has 2 heteroatoms. The molecule has 0 radical (unpaired) electrons. The van der Waals surface area contributed by atoms with E-state index in [0.29, 0.717) is 0 Å². The molecule has 0 rings (SSSR count). The summed E-state index contributed by atoms with van der Waals surface area (Å²) in [6.07, 6.45) is 37.2. The number of hydrogen-bond donors (Lipinski definition) is 1. The third-order valence-electron chi connectivity index (χ3n) is 7.66. The Hall–Kier alpha value is -0.530. The summed E-state index contributed by atoms with van der Waals surface area (Å²) in [5.74, 6) is -0.661. The molecule has 0 aliphatic rings. The van der Waals surface area contributed by atoms with E-state index >= 15 is 0 Å². The summed E-state index contributed by atoms with van der Waals surface area (Å²) in [5, 5.41) is 9.44. The van der Waals surface area contributed by atoms with E-state index in [4.69, 9.17) is 0 Å².